The van der Waals surface area contributed by atoms with Gasteiger partial charge < -0.3 is 26.5 Å². The van der Waals surface area contributed by atoms with E-state index in [1.165, 1.54) is 0 Å². The van der Waals surface area contributed by atoms with Gasteiger partial charge in [-0.1, -0.05) is 30.3 Å². The summed E-state index contributed by atoms with van der Waals surface area (Å²) in [6.45, 7) is 2.88. The number of rotatable bonds is 6. The van der Waals surface area contributed by atoms with Gasteiger partial charge in [-0.3, -0.25) is 0 Å². The summed E-state index contributed by atoms with van der Waals surface area (Å²) in [5, 5.41) is 0. The van der Waals surface area contributed by atoms with Gasteiger partial charge >= 0.3 is 5.97 Å². The van der Waals surface area contributed by atoms with Crippen molar-refractivity contribution in [1.82, 2.24) is 0 Å². The van der Waals surface area contributed by atoms with Gasteiger partial charge in [0.15, 0.2) is 11.9 Å². The van der Waals surface area contributed by atoms with Gasteiger partial charge in [-0.2, -0.15) is 4.57 Å². The van der Waals surface area contributed by atoms with Crippen molar-refractivity contribution in [2.24, 2.45) is 0 Å². The van der Waals surface area contributed by atoms with Gasteiger partial charge in [0.25, 0.3) is 0 Å². The highest BCUT2D eigenvalue weighted by Gasteiger charge is 2.11. The van der Waals surface area contributed by atoms with E-state index < -0.39 is 0 Å². The zero-order valence-corrected chi connectivity index (χ0v) is 13.5. The van der Waals surface area contributed by atoms with Crippen LogP contribution in [0.3, 0.4) is 0 Å². The second-order valence-electron chi connectivity index (χ2n) is 4.29. The van der Waals surface area contributed by atoms with Gasteiger partial charge in [-0.05, 0) is 18.6 Å². The van der Waals surface area contributed by atoms with Crippen LogP contribution in [0.2, 0.25) is 0 Å². The molecule has 0 aliphatic carbocycles. The first-order chi connectivity index (χ1) is 9.78. The van der Waals surface area contributed by atoms with Crippen LogP contribution in [0.4, 0.5) is 0 Å². The molecule has 0 saturated carbocycles. The van der Waals surface area contributed by atoms with E-state index in [9.17, 15) is 4.79 Å². The van der Waals surface area contributed by atoms with Crippen LogP contribution in [-0.2, 0) is 22.7 Å². The molecule has 1 aromatic heterocycles. The highest BCUT2D eigenvalue weighted by atomic mass is 79.9. The van der Waals surface area contributed by atoms with E-state index in [2.05, 4.69) is 0 Å². The Morgan fingerprint density at radius 2 is 1.90 bits per heavy atom. The van der Waals surface area contributed by atoms with Gasteiger partial charge in [0.05, 0.1) is 6.61 Å². The van der Waals surface area contributed by atoms with Crippen molar-refractivity contribution in [1.29, 1.82) is 0 Å². The minimum atomic E-state index is -0.252. The Bertz CT molecular complexity index is 560. The molecule has 0 atom stereocenters. The molecule has 0 bridgehead atoms. The van der Waals surface area contributed by atoms with Crippen molar-refractivity contribution < 1.29 is 35.8 Å². The maximum Gasteiger partial charge on any atom is 0.372 e. The van der Waals surface area contributed by atoms with Crippen molar-refractivity contribution in [2.75, 3.05) is 6.61 Å². The summed E-state index contributed by atoms with van der Waals surface area (Å²) in [7, 11) is 0. The number of benzene rings is 1. The third-order valence-corrected chi connectivity index (χ3v) is 2.70. The summed E-state index contributed by atoms with van der Waals surface area (Å²) in [6, 6.07) is 13.7. The summed E-state index contributed by atoms with van der Waals surface area (Å²) in [4.78, 5) is 11.4. The Labute approximate surface area is 135 Å². The predicted molar refractivity (Wildman–Crippen MR) is 74.0 cm³/mol. The third kappa shape index (κ3) is 5.95. The summed E-state index contributed by atoms with van der Waals surface area (Å²) in [6.07, 6.45) is 3.60. The lowest BCUT2D eigenvalue weighted by atomic mass is 10.2. The SMILES string of the molecule is CCOC(=O)C[n+]1cccc(OCc2ccccc2)c1.[Br-]. The predicted octanol–water partition coefficient (Wildman–Crippen LogP) is -0.880. The number of hydrogen-bond donors (Lipinski definition) is 0. The fraction of sp³-hybridized carbons (Fsp3) is 0.250. The Kier molecular flexibility index (Phi) is 7.46. The molecule has 0 N–H and O–H groups in total. The Hall–Kier alpha value is -1.88. The van der Waals surface area contributed by atoms with E-state index in [1.807, 2.05) is 48.7 Å². The largest absolute Gasteiger partial charge is 1.00 e. The lowest BCUT2D eigenvalue weighted by Gasteiger charge is -2.05. The Morgan fingerprint density at radius 1 is 1.14 bits per heavy atom. The van der Waals surface area contributed by atoms with Gasteiger partial charge in [-0.25, -0.2) is 4.79 Å². The minimum Gasteiger partial charge on any atom is -1.00 e. The second kappa shape index (κ2) is 9.13. The molecule has 0 spiro atoms. The van der Waals surface area contributed by atoms with Crippen molar-refractivity contribution in [3.63, 3.8) is 0 Å². The number of carbonyl (C=O) groups excluding carboxylic acids is 1. The summed E-state index contributed by atoms with van der Waals surface area (Å²) >= 11 is 0. The summed E-state index contributed by atoms with van der Waals surface area (Å²) in [5.74, 6) is 0.471. The van der Waals surface area contributed by atoms with Crippen molar-refractivity contribution in [3.05, 3.63) is 60.4 Å². The molecule has 5 heteroatoms. The number of ether oxygens (including phenoxy) is 2. The van der Waals surface area contributed by atoms with Crippen molar-refractivity contribution in [3.8, 4) is 5.75 Å². The van der Waals surface area contributed by atoms with Gasteiger partial charge in [0, 0.05) is 6.07 Å². The molecular weight excluding hydrogens is 334 g/mol. The molecular formula is C16H18BrNO3. The zero-order chi connectivity index (χ0) is 14.2. The van der Waals surface area contributed by atoms with Crippen LogP contribution in [0.5, 0.6) is 5.75 Å². The first-order valence-corrected chi connectivity index (χ1v) is 6.59. The maximum absolute atomic E-state index is 11.4. The van der Waals surface area contributed by atoms with Crippen LogP contribution < -0.4 is 26.3 Å². The standard InChI is InChI=1S/C16H18NO3.BrH/c1-2-19-16(18)12-17-10-6-9-15(11-17)20-13-14-7-4-3-5-8-14;/h3-11H,2,12-13H2,1H3;1H/q+1;/p-1. The highest BCUT2D eigenvalue weighted by molar-refractivity contribution is 5.67. The molecule has 0 aliphatic heterocycles. The lowest BCUT2D eigenvalue weighted by Crippen LogP contribution is -3.00. The molecule has 4 nitrogen and oxygen atoms in total. The first kappa shape index (κ1) is 17.2. The number of hydrogen-bond acceptors (Lipinski definition) is 3. The van der Waals surface area contributed by atoms with E-state index in [4.69, 9.17) is 9.47 Å². The van der Waals surface area contributed by atoms with Crippen molar-refractivity contribution in [2.45, 2.75) is 20.1 Å². The molecule has 0 aliphatic rings. The smallest absolute Gasteiger partial charge is 0.372 e. The van der Waals surface area contributed by atoms with Crippen molar-refractivity contribution >= 4 is 5.97 Å². The zero-order valence-electron chi connectivity index (χ0n) is 11.9. The fourth-order valence-electron chi connectivity index (χ4n) is 1.78. The number of esters is 1. The van der Waals surface area contributed by atoms with Crippen LogP contribution in [0, 0.1) is 0 Å². The average Bonchev–Trinajstić information content (AvgIpc) is 2.47. The number of pyridine rings is 1. The topological polar surface area (TPSA) is 39.4 Å². The van der Waals surface area contributed by atoms with E-state index >= 15 is 0 Å². The Balaban J connectivity index is 0.00000220. The molecule has 2 aromatic rings. The quantitative estimate of drug-likeness (QED) is 0.501. The van der Waals surface area contributed by atoms with Gasteiger partial charge in [-0.15, -0.1) is 0 Å². The second-order valence-corrected chi connectivity index (χ2v) is 4.29. The molecule has 1 heterocycles. The normalized spacial score (nSPS) is 9.57. The number of carbonyl (C=O) groups is 1. The number of halogens is 1. The number of nitrogens with zero attached hydrogens (tertiary/aromatic N) is 1. The van der Waals surface area contributed by atoms with E-state index in [0.29, 0.717) is 13.2 Å². The molecule has 0 saturated heterocycles. The summed E-state index contributed by atoms with van der Waals surface area (Å²) in [5.41, 5.74) is 1.10. The molecule has 0 unspecified atom stereocenters. The molecule has 0 radical (unpaired) electrons. The number of aromatic nitrogens is 1. The Morgan fingerprint density at radius 3 is 2.62 bits per heavy atom. The van der Waals surface area contributed by atoms with E-state index in [1.54, 1.807) is 17.7 Å². The fourth-order valence-corrected chi connectivity index (χ4v) is 1.78. The van der Waals surface area contributed by atoms with Gasteiger partial charge in [0.1, 0.15) is 6.61 Å². The highest BCUT2D eigenvalue weighted by Crippen LogP contribution is 2.09. The molecule has 0 amide bonds. The monoisotopic (exact) mass is 351 g/mol. The molecule has 1 aromatic carbocycles. The molecule has 2 rings (SSSR count). The van der Waals surface area contributed by atoms with E-state index in [-0.39, 0.29) is 29.5 Å². The van der Waals surface area contributed by atoms with Crippen LogP contribution in [-0.4, -0.2) is 12.6 Å². The van der Waals surface area contributed by atoms with Crippen LogP contribution in [0.15, 0.2) is 54.9 Å². The van der Waals surface area contributed by atoms with Crippen LogP contribution >= 0.6 is 0 Å². The first-order valence-electron chi connectivity index (χ1n) is 6.59. The lowest BCUT2D eigenvalue weighted by molar-refractivity contribution is -0.686. The average molecular weight is 352 g/mol. The molecule has 21 heavy (non-hydrogen) atoms. The summed E-state index contributed by atoms with van der Waals surface area (Å²) < 4.78 is 12.4. The minimum absolute atomic E-state index is 0. The van der Waals surface area contributed by atoms with Crippen LogP contribution in [0.25, 0.3) is 0 Å². The molecule has 112 valence electrons. The molecule has 0 fully saturated rings. The third-order valence-electron chi connectivity index (χ3n) is 2.70. The maximum atomic E-state index is 11.4. The van der Waals surface area contributed by atoms with E-state index in [0.717, 1.165) is 11.3 Å². The van der Waals surface area contributed by atoms with Crippen LogP contribution in [0.1, 0.15) is 12.5 Å². The van der Waals surface area contributed by atoms with Gasteiger partial charge in [0.2, 0.25) is 12.7 Å².